The third-order valence-corrected chi connectivity index (χ3v) is 2.64. The Balaban J connectivity index is 3.29. The summed E-state index contributed by atoms with van der Waals surface area (Å²) in [6.45, 7) is 0. The molecule has 0 aliphatic rings. The summed E-state index contributed by atoms with van der Waals surface area (Å²) < 4.78 is 0. The number of rotatable bonds is 1. The number of phenolic OH excluding ortho intramolecular Hbond substituents is 1. The lowest BCUT2D eigenvalue weighted by molar-refractivity contribution is 0.475. The minimum absolute atomic E-state index is 0.0607. The van der Waals surface area contributed by atoms with Gasteiger partial charge in [0.05, 0.1) is 5.02 Å². The van der Waals surface area contributed by atoms with Crippen LogP contribution in [-0.2, 0) is 5.33 Å². The van der Waals surface area contributed by atoms with Crippen LogP contribution in [0.5, 0.6) is 5.75 Å². The van der Waals surface area contributed by atoms with Gasteiger partial charge in [0.25, 0.3) is 0 Å². The third-order valence-electron chi connectivity index (χ3n) is 1.30. The molecule has 0 amide bonds. The van der Waals surface area contributed by atoms with Gasteiger partial charge in [0, 0.05) is 15.9 Å². The van der Waals surface area contributed by atoms with Crippen LogP contribution in [-0.4, -0.2) is 5.11 Å². The average molecular weight is 256 g/mol. The number of aromatic hydroxyl groups is 1. The van der Waals surface area contributed by atoms with Gasteiger partial charge in [0.15, 0.2) is 0 Å². The highest BCUT2D eigenvalue weighted by Gasteiger charge is 2.07. The summed E-state index contributed by atoms with van der Waals surface area (Å²) in [6.07, 6.45) is 0. The molecule has 4 heteroatoms. The van der Waals surface area contributed by atoms with E-state index >= 15 is 0 Å². The van der Waals surface area contributed by atoms with E-state index in [1.54, 1.807) is 6.07 Å². The predicted molar refractivity (Wildman–Crippen MR) is 50.8 cm³/mol. The van der Waals surface area contributed by atoms with E-state index in [-0.39, 0.29) is 5.75 Å². The molecule has 0 heterocycles. The number of hydrogen-bond donors (Lipinski definition) is 1. The van der Waals surface area contributed by atoms with Crippen LogP contribution in [0.3, 0.4) is 0 Å². The molecule has 1 aromatic carbocycles. The standard InChI is InChI=1S/C7H5BrCl2O/c8-3-4-5(9)1-2-6(11)7(4)10/h1-2,11H,3H2. The van der Waals surface area contributed by atoms with Gasteiger partial charge in [0.2, 0.25) is 0 Å². The Morgan fingerprint density at radius 3 is 2.45 bits per heavy atom. The van der Waals surface area contributed by atoms with Gasteiger partial charge in [-0.1, -0.05) is 39.1 Å². The molecule has 0 aliphatic heterocycles. The Morgan fingerprint density at radius 1 is 1.36 bits per heavy atom. The summed E-state index contributed by atoms with van der Waals surface area (Å²) in [6, 6.07) is 3.08. The zero-order valence-electron chi connectivity index (χ0n) is 5.44. The van der Waals surface area contributed by atoms with Crippen LogP contribution in [0, 0.1) is 0 Å². The summed E-state index contributed by atoms with van der Waals surface area (Å²) in [7, 11) is 0. The molecule has 0 saturated heterocycles. The summed E-state index contributed by atoms with van der Waals surface area (Å²) >= 11 is 14.7. The molecule has 1 aromatic rings. The highest BCUT2D eigenvalue weighted by Crippen LogP contribution is 2.33. The van der Waals surface area contributed by atoms with Gasteiger partial charge in [0.1, 0.15) is 5.75 Å². The summed E-state index contributed by atoms with van der Waals surface area (Å²) in [5.74, 6) is 0.0607. The van der Waals surface area contributed by atoms with Crippen LogP contribution < -0.4 is 0 Å². The zero-order chi connectivity index (χ0) is 8.43. The molecule has 0 fully saturated rings. The first-order valence-corrected chi connectivity index (χ1v) is 4.76. The van der Waals surface area contributed by atoms with Crippen molar-refractivity contribution >= 4 is 39.1 Å². The van der Waals surface area contributed by atoms with Gasteiger partial charge >= 0.3 is 0 Å². The fourth-order valence-corrected chi connectivity index (χ4v) is 2.12. The van der Waals surface area contributed by atoms with Crippen molar-refractivity contribution in [1.82, 2.24) is 0 Å². The maximum atomic E-state index is 9.14. The molecule has 1 nitrogen and oxygen atoms in total. The van der Waals surface area contributed by atoms with E-state index in [2.05, 4.69) is 15.9 Å². The normalized spacial score (nSPS) is 10.1. The Labute approximate surface area is 83.1 Å². The second kappa shape index (κ2) is 3.65. The molecule has 0 bridgehead atoms. The van der Waals surface area contributed by atoms with Gasteiger partial charge < -0.3 is 5.11 Å². The molecule has 60 valence electrons. The number of benzene rings is 1. The SMILES string of the molecule is Oc1ccc(Cl)c(CBr)c1Cl. The van der Waals surface area contributed by atoms with E-state index in [0.717, 1.165) is 0 Å². The lowest BCUT2D eigenvalue weighted by Crippen LogP contribution is -1.81. The molecule has 0 saturated carbocycles. The van der Waals surface area contributed by atoms with Crippen molar-refractivity contribution in [1.29, 1.82) is 0 Å². The summed E-state index contributed by atoms with van der Waals surface area (Å²) in [5.41, 5.74) is 0.716. The van der Waals surface area contributed by atoms with Crippen molar-refractivity contribution in [2.75, 3.05) is 0 Å². The molecule has 0 spiro atoms. The summed E-state index contributed by atoms with van der Waals surface area (Å²) in [4.78, 5) is 0. The van der Waals surface area contributed by atoms with Crippen molar-refractivity contribution in [3.05, 3.63) is 27.7 Å². The second-order valence-electron chi connectivity index (χ2n) is 1.99. The van der Waals surface area contributed by atoms with E-state index in [0.29, 0.717) is 20.9 Å². The van der Waals surface area contributed by atoms with E-state index in [9.17, 15) is 0 Å². The topological polar surface area (TPSA) is 20.2 Å². The van der Waals surface area contributed by atoms with E-state index in [1.165, 1.54) is 6.07 Å². The van der Waals surface area contributed by atoms with Crippen molar-refractivity contribution < 1.29 is 5.11 Å². The van der Waals surface area contributed by atoms with Crippen molar-refractivity contribution in [3.63, 3.8) is 0 Å². The maximum absolute atomic E-state index is 9.14. The van der Waals surface area contributed by atoms with E-state index < -0.39 is 0 Å². The first-order chi connectivity index (χ1) is 5.16. The molecule has 0 unspecified atom stereocenters. The fraction of sp³-hybridized carbons (Fsp3) is 0.143. The first-order valence-electron chi connectivity index (χ1n) is 2.88. The maximum Gasteiger partial charge on any atom is 0.134 e. The Kier molecular flexibility index (Phi) is 3.05. The van der Waals surface area contributed by atoms with E-state index in [4.69, 9.17) is 28.3 Å². The molecule has 11 heavy (non-hydrogen) atoms. The van der Waals surface area contributed by atoms with Crippen LogP contribution >= 0.6 is 39.1 Å². The fourth-order valence-electron chi connectivity index (χ4n) is 0.708. The summed E-state index contributed by atoms with van der Waals surface area (Å²) in [5, 5.41) is 10.6. The van der Waals surface area contributed by atoms with Crippen LogP contribution in [0.1, 0.15) is 5.56 Å². The molecule has 0 radical (unpaired) electrons. The number of phenols is 1. The lowest BCUT2D eigenvalue weighted by atomic mass is 10.2. The van der Waals surface area contributed by atoms with Crippen LogP contribution in [0.25, 0.3) is 0 Å². The second-order valence-corrected chi connectivity index (χ2v) is 3.34. The number of hydrogen-bond acceptors (Lipinski definition) is 1. The smallest absolute Gasteiger partial charge is 0.134 e. The molecule has 0 aliphatic carbocycles. The largest absolute Gasteiger partial charge is 0.506 e. The van der Waals surface area contributed by atoms with Crippen LogP contribution in [0.2, 0.25) is 10.0 Å². The highest BCUT2D eigenvalue weighted by atomic mass is 79.9. The Hall–Kier alpha value is 0.0800. The Bertz CT molecular complexity index is 275. The third kappa shape index (κ3) is 1.81. The molecular weight excluding hydrogens is 251 g/mol. The minimum atomic E-state index is 0.0607. The van der Waals surface area contributed by atoms with E-state index in [1.807, 2.05) is 0 Å². The molecule has 0 atom stereocenters. The molecule has 1 rings (SSSR count). The Morgan fingerprint density at radius 2 is 2.00 bits per heavy atom. The van der Waals surface area contributed by atoms with Gasteiger partial charge in [-0.25, -0.2) is 0 Å². The first kappa shape index (κ1) is 9.17. The number of halogens is 3. The van der Waals surface area contributed by atoms with Gasteiger partial charge in [-0.3, -0.25) is 0 Å². The van der Waals surface area contributed by atoms with Crippen LogP contribution in [0.15, 0.2) is 12.1 Å². The quantitative estimate of drug-likeness (QED) is 0.761. The minimum Gasteiger partial charge on any atom is -0.506 e. The van der Waals surface area contributed by atoms with Gasteiger partial charge in [-0.2, -0.15) is 0 Å². The molecular formula is C7H5BrCl2O. The van der Waals surface area contributed by atoms with Gasteiger partial charge in [-0.05, 0) is 12.1 Å². The molecule has 1 N–H and O–H groups in total. The lowest BCUT2D eigenvalue weighted by Gasteiger charge is -2.03. The molecule has 0 aromatic heterocycles. The average Bonchev–Trinajstić information content (AvgIpc) is 1.99. The van der Waals surface area contributed by atoms with Gasteiger partial charge in [-0.15, -0.1) is 0 Å². The van der Waals surface area contributed by atoms with Crippen molar-refractivity contribution in [3.8, 4) is 5.75 Å². The monoisotopic (exact) mass is 254 g/mol. The van der Waals surface area contributed by atoms with Crippen LogP contribution in [0.4, 0.5) is 0 Å². The highest BCUT2D eigenvalue weighted by molar-refractivity contribution is 9.08. The van der Waals surface area contributed by atoms with Crippen molar-refractivity contribution in [2.24, 2.45) is 0 Å². The zero-order valence-corrected chi connectivity index (χ0v) is 8.54. The predicted octanol–water partition coefficient (Wildman–Crippen LogP) is 3.59. The number of alkyl halides is 1. The van der Waals surface area contributed by atoms with Crippen molar-refractivity contribution in [2.45, 2.75) is 5.33 Å².